The minimum Gasteiger partial charge on any atom is -0.434 e. The van der Waals surface area contributed by atoms with Crippen LogP contribution in [-0.2, 0) is 4.79 Å². The van der Waals surface area contributed by atoms with Gasteiger partial charge in [-0.3, -0.25) is 4.79 Å². The Hall–Kier alpha value is -3.44. The molecule has 2 aromatic heterocycles. The molecule has 6 heteroatoms. The van der Waals surface area contributed by atoms with Crippen molar-refractivity contribution in [2.24, 2.45) is 0 Å². The average Bonchev–Trinajstić information content (AvgIpc) is 3.13. The van der Waals surface area contributed by atoms with E-state index in [-0.39, 0.29) is 5.91 Å². The second kappa shape index (κ2) is 7.66. The highest BCUT2D eigenvalue weighted by atomic mass is 35.5. The van der Waals surface area contributed by atoms with Gasteiger partial charge in [0.2, 0.25) is 11.8 Å². The third kappa shape index (κ3) is 3.80. The number of amides is 1. The summed E-state index contributed by atoms with van der Waals surface area (Å²) in [6, 6.07) is 16.5. The third-order valence-corrected chi connectivity index (χ3v) is 4.54. The molecule has 0 atom stereocenters. The van der Waals surface area contributed by atoms with Crippen molar-refractivity contribution in [3.05, 3.63) is 83.0 Å². The maximum absolute atomic E-state index is 12.3. The lowest BCUT2D eigenvalue weighted by atomic mass is 10.1. The topological polar surface area (TPSA) is 68.0 Å². The molecule has 0 fully saturated rings. The van der Waals surface area contributed by atoms with Crippen molar-refractivity contribution < 1.29 is 9.21 Å². The summed E-state index contributed by atoms with van der Waals surface area (Å²) in [7, 11) is 0. The highest BCUT2D eigenvalue weighted by Gasteiger charge is 2.13. The summed E-state index contributed by atoms with van der Waals surface area (Å²) in [4.78, 5) is 20.9. The van der Waals surface area contributed by atoms with Crippen LogP contribution >= 0.6 is 11.6 Å². The molecule has 0 saturated carbocycles. The molecule has 4 rings (SSSR count). The van der Waals surface area contributed by atoms with E-state index in [4.69, 9.17) is 16.0 Å². The van der Waals surface area contributed by atoms with Gasteiger partial charge >= 0.3 is 0 Å². The van der Waals surface area contributed by atoms with Crippen molar-refractivity contribution in [2.75, 3.05) is 5.32 Å². The van der Waals surface area contributed by atoms with Crippen LogP contribution in [0.25, 0.3) is 28.8 Å². The number of aromatic nitrogens is 2. The molecule has 0 aliphatic rings. The molecule has 2 aromatic carbocycles. The van der Waals surface area contributed by atoms with Crippen molar-refractivity contribution in [3.8, 4) is 11.5 Å². The molecule has 5 nitrogen and oxygen atoms in total. The summed E-state index contributed by atoms with van der Waals surface area (Å²) < 4.78 is 5.80. The Morgan fingerprint density at radius 2 is 1.93 bits per heavy atom. The standard InChI is InChI=1S/C22H16ClN3O2/c1-14-17(22-26-21-19(28-22)6-3-13-24-21)4-2-5-18(14)25-20(27)12-9-15-7-10-16(23)11-8-15/h2-13H,1H3,(H,25,27). The van der Waals surface area contributed by atoms with E-state index in [1.165, 1.54) is 6.08 Å². The molecule has 0 bridgehead atoms. The first-order valence-electron chi connectivity index (χ1n) is 8.66. The fourth-order valence-corrected chi connectivity index (χ4v) is 2.93. The summed E-state index contributed by atoms with van der Waals surface area (Å²) in [6.07, 6.45) is 4.89. The maximum atomic E-state index is 12.3. The predicted octanol–water partition coefficient (Wildman–Crippen LogP) is 5.50. The smallest absolute Gasteiger partial charge is 0.248 e. The van der Waals surface area contributed by atoms with Gasteiger partial charge < -0.3 is 9.73 Å². The molecule has 0 unspecified atom stereocenters. The molecule has 0 spiro atoms. The number of carbonyl (C=O) groups is 1. The van der Waals surface area contributed by atoms with Gasteiger partial charge in [0.15, 0.2) is 11.2 Å². The molecule has 1 N–H and O–H groups in total. The number of hydrogen-bond donors (Lipinski definition) is 1. The average molecular weight is 390 g/mol. The largest absolute Gasteiger partial charge is 0.434 e. The zero-order valence-electron chi connectivity index (χ0n) is 15.0. The van der Waals surface area contributed by atoms with Crippen LogP contribution in [0.4, 0.5) is 5.69 Å². The fourth-order valence-electron chi connectivity index (χ4n) is 2.81. The lowest BCUT2D eigenvalue weighted by molar-refractivity contribution is -0.111. The van der Waals surface area contributed by atoms with Crippen molar-refractivity contribution >= 4 is 40.5 Å². The summed E-state index contributed by atoms with van der Waals surface area (Å²) >= 11 is 5.87. The first-order valence-corrected chi connectivity index (χ1v) is 9.04. The van der Waals surface area contributed by atoms with Gasteiger partial charge in [-0.15, -0.1) is 0 Å². The van der Waals surface area contributed by atoms with Crippen molar-refractivity contribution in [1.82, 2.24) is 9.97 Å². The number of carbonyl (C=O) groups excluding carboxylic acids is 1. The van der Waals surface area contributed by atoms with Gasteiger partial charge in [-0.2, -0.15) is 4.98 Å². The number of benzene rings is 2. The highest BCUT2D eigenvalue weighted by Crippen LogP contribution is 2.30. The van der Waals surface area contributed by atoms with E-state index in [0.717, 1.165) is 16.7 Å². The summed E-state index contributed by atoms with van der Waals surface area (Å²) in [5.41, 5.74) is 4.43. The van der Waals surface area contributed by atoms with Gasteiger partial charge in [0.05, 0.1) is 0 Å². The second-order valence-corrected chi connectivity index (χ2v) is 6.63. The van der Waals surface area contributed by atoms with Gasteiger partial charge in [0, 0.05) is 28.5 Å². The van der Waals surface area contributed by atoms with E-state index in [2.05, 4.69) is 15.3 Å². The number of pyridine rings is 1. The Morgan fingerprint density at radius 1 is 1.11 bits per heavy atom. The zero-order chi connectivity index (χ0) is 19.5. The van der Waals surface area contributed by atoms with Crippen LogP contribution in [-0.4, -0.2) is 15.9 Å². The van der Waals surface area contributed by atoms with Gasteiger partial charge in [0.25, 0.3) is 0 Å². The molecule has 138 valence electrons. The lowest BCUT2D eigenvalue weighted by Gasteiger charge is -2.09. The Labute approximate surface area is 166 Å². The molecule has 28 heavy (non-hydrogen) atoms. The van der Waals surface area contributed by atoms with Crippen LogP contribution < -0.4 is 5.32 Å². The molecule has 0 radical (unpaired) electrons. The molecule has 2 heterocycles. The van der Waals surface area contributed by atoms with Crippen molar-refractivity contribution in [2.45, 2.75) is 6.92 Å². The number of anilines is 1. The Kier molecular flexibility index (Phi) is 4.91. The fraction of sp³-hybridized carbons (Fsp3) is 0.0455. The minimum absolute atomic E-state index is 0.227. The first-order chi connectivity index (χ1) is 13.6. The van der Waals surface area contributed by atoms with Gasteiger partial charge in [-0.25, -0.2) is 4.98 Å². The van der Waals surface area contributed by atoms with Crippen molar-refractivity contribution in [3.63, 3.8) is 0 Å². The van der Waals surface area contributed by atoms with E-state index in [1.807, 2.05) is 43.3 Å². The molecule has 4 aromatic rings. The Bertz CT molecular complexity index is 1150. The molecule has 1 amide bonds. The highest BCUT2D eigenvalue weighted by molar-refractivity contribution is 6.30. The maximum Gasteiger partial charge on any atom is 0.248 e. The quantitative estimate of drug-likeness (QED) is 0.468. The van der Waals surface area contributed by atoms with Crippen LogP contribution in [0, 0.1) is 6.92 Å². The number of rotatable bonds is 4. The van der Waals surface area contributed by atoms with Gasteiger partial charge in [-0.05, 0) is 60.5 Å². The van der Waals surface area contributed by atoms with Gasteiger partial charge in [-0.1, -0.05) is 29.8 Å². The number of oxazole rings is 1. The second-order valence-electron chi connectivity index (χ2n) is 6.20. The van der Waals surface area contributed by atoms with Crippen LogP contribution in [0.2, 0.25) is 5.02 Å². The Morgan fingerprint density at radius 3 is 2.71 bits per heavy atom. The monoisotopic (exact) mass is 389 g/mol. The molecular weight excluding hydrogens is 374 g/mol. The lowest BCUT2D eigenvalue weighted by Crippen LogP contribution is -2.09. The molecular formula is C22H16ClN3O2. The van der Waals surface area contributed by atoms with E-state index < -0.39 is 0 Å². The summed E-state index contributed by atoms with van der Waals surface area (Å²) in [6.45, 7) is 1.91. The normalized spacial score (nSPS) is 11.2. The number of halogens is 1. The van der Waals surface area contributed by atoms with Gasteiger partial charge in [0.1, 0.15) is 0 Å². The first kappa shape index (κ1) is 17.9. The Balaban J connectivity index is 1.56. The predicted molar refractivity (Wildman–Crippen MR) is 111 cm³/mol. The van der Waals surface area contributed by atoms with Crippen LogP contribution in [0.1, 0.15) is 11.1 Å². The van der Waals surface area contributed by atoms with E-state index in [1.54, 1.807) is 30.5 Å². The molecule has 0 aliphatic heterocycles. The van der Waals surface area contributed by atoms with Crippen molar-refractivity contribution in [1.29, 1.82) is 0 Å². The molecule has 0 saturated heterocycles. The number of fused-ring (bicyclic) bond motifs is 1. The summed E-state index contributed by atoms with van der Waals surface area (Å²) in [5.74, 6) is 0.244. The van der Waals surface area contributed by atoms with Crippen LogP contribution in [0.15, 0.2) is 71.3 Å². The van der Waals surface area contributed by atoms with Crippen LogP contribution in [0.3, 0.4) is 0 Å². The summed E-state index contributed by atoms with van der Waals surface area (Å²) in [5, 5.41) is 3.55. The van der Waals surface area contributed by atoms with Crippen LogP contribution in [0.5, 0.6) is 0 Å². The zero-order valence-corrected chi connectivity index (χ0v) is 15.8. The van der Waals surface area contributed by atoms with E-state index in [9.17, 15) is 4.79 Å². The number of hydrogen-bond acceptors (Lipinski definition) is 4. The SMILES string of the molecule is Cc1c(NC(=O)C=Cc2ccc(Cl)cc2)cccc1-c1nc2ncccc2o1. The molecule has 0 aliphatic carbocycles. The van der Waals surface area contributed by atoms with E-state index in [0.29, 0.717) is 27.8 Å². The third-order valence-electron chi connectivity index (χ3n) is 4.28. The number of nitrogens with zero attached hydrogens (tertiary/aromatic N) is 2. The number of nitrogens with one attached hydrogen (secondary N) is 1. The van der Waals surface area contributed by atoms with E-state index >= 15 is 0 Å². The minimum atomic E-state index is -0.227.